The number of para-hydroxylation sites is 1. The maximum Gasteiger partial charge on any atom is 0.261 e. The number of nitrogens with zero attached hydrogens (tertiary/aromatic N) is 3. The van der Waals surface area contributed by atoms with Crippen LogP contribution >= 0.6 is 27.3 Å². The van der Waals surface area contributed by atoms with Crippen LogP contribution in [0.4, 0.5) is 0 Å². The van der Waals surface area contributed by atoms with Gasteiger partial charge in [0.15, 0.2) is 0 Å². The summed E-state index contributed by atoms with van der Waals surface area (Å²) >= 11 is 4.99. The third-order valence-corrected chi connectivity index (χ3v) is 5.09. The minimum absolute atomic E-state index is 0.0142. The molecular formula is C16H14BrN3O2S. The van der Waals surface area contributed by atoms with Gasteiger partial charge in [-0.05, 0) is 40.2 Å². The summed E-state index contributed by atoms with van der Waals surface area (Å²) in [6.07, 6.45) is 1.43. The van der Waals surface area contributed by atoms with Gasteiger partial charge in [0, 0.05) is 11.9 Å². The Morgan fingerprint density at radius 1 is 1.30 bits per heavy atom. The van der Waals surface area contributed by atoms with E-state index in [1.54, 1.807) is 41.5 Å². The van der Waals surface area contributed by atoms with E-state index in [2.05, 4.69) is 20.9 Å². The number of carbonyl (C=O) groups is 1. The predicted molar refractivity (Wildman–Crippen MR) is 94.5 cm³/mol. The molecule has 1 amide bonds. The highest BCUT2D eigenvalue weighted by molar-refractivity contribution is 9.11. The van der Waals surface area contributed by atoms with Crippen LogP contribution in [0.2, 0.25) is 0 Å². The monoisotopic (exact) mass is 391 g/mol. The van der Waals surface area contributed by atoms with Gasteiger partial charge in [-0.15, -0.1) is 11.3 Å². The van der Waals surface area contributed by atoms with E-state index in [4.69, 9.17) is 0 Å². The molecule has 0 bridgehead atoms. The van der Waals surface area contributed by atoms with Gasteiger partial charge in [-0.2, -0.15) is 0 Å². The van der Waals surface area contributed by atoms with Crippen LogP contribution in [0.1, 0.15) is 4.88 Å². The minimum Gasteiger partial charge on any atom is -0.339 e. The van der Waals surface area contributed by atoms with E-state index >= 15 is 0 Å². The van der Waals surface area contributed by atoms with Gasteiger partial charge in [-0.3, -0.25) is 14.2 Å². The van der Waals surface area contributed by atoms with Crippen LogP contribution in [0.5, 0.6) is 0 Å². The number of amides is 1. The number of likely N-dealkylation sites (N-methyl/N-ethyl adjacent to an activating group) is 1. The highest BCUT2D eigenvalue weighted by Crippen LogP contribution is 2.23. The number of carbonyl (C=O) groups excluding carboxylic acids is 1. The van der Waals surface area contributed by atoms with Crippen LogP contribution in [0.25, 0.3) is 10.9 Å². The molecule has 0 aliphatic carbocycles. The van der Waals surface area contributed by atoms with Gasteiger partial charge < -0.3 is 4.90 Å². The summed E-state index contributed by atoms with van der Waals surface area (Å²) in [5.41, 5.74) is 0.439. The SMILES string of the molecule is CN(Cc1ccc(Br)s1)C(=O)Cn1cnc2ccccc2c1=O. The van der Waals surface area contributed by atoms with E-state index in [-0.39, 0.29) is 18.0 Å². The molecule has 0 aliphatic heterocycles. The molecule has 118 valence electrons. The highest BCUT2D eigenvalue weighted by atomic mass is 79.9. The number of rotatable bonds is 4. The molecule has 0 fully saturated rings. The maximum absolute atomic E-state index is 12.4. The summed E-state index contributed by atoms with van der Waals surface area (Å²) in [5, 5.41) is 0.521. The quantitative estimate of drug-likeness (QED) is 0.686. The molecule has 2 aromatic heterocycles. The summed E-state index contributed by atoms with van der Waals surface area (Å²) in [5.74, 6) is -0.131. The van der Waals surface area contributed by atoms with Gasteiger partial charge in [-0.25, -0.2) is 4.98 Å². The summed E-state index contributed by atoms with van der Waals surface area (Å²) < 4.78 is 2.38. The summed E-state index contributed by atoms with van der Waals surface area (Å²) in [7, 11) is 1.73. The molecule has 3 rings (SSSR count). The van der Waals surface area contributed by atoms with Gasteiger partial charge in [-0.1, -0.05) is 12.1 Å². The largest absolute Gasteiger partial charge is 0.339 e. The highest BCUT2D eigenvalue weighted by Gasteiger charge is 2.13. The topological polar surface area (TPSA) is 55.2 Å². The van der Waals surface area contributed by atoms with Crippen LogP contribution in [0.3, 0.4) is 0 Å². The van der Waals surface area contributed by atoms with Gasteiger partial charge >= 0.3 is 0 Å². The van der Waals surface area contributed by atoms with Crippen molar-refractivity contribution in [2.75, 3.05) is 7.05 Å². The Balaban J connectivity index is 1.77. The van der Waals surface area contributed by atoms with E-state index in [1.807, 2.05) is 18.2 Å². The standard InChI is InChI=1S/C16H14BrN3O2S/c1-19(8-11-6-7-14(17)23-11)15(21)9-20-10-18-13-5-3-2-4-12(13)16(20)22/h2-7,10H,8-9H2,1H3. The summed E-state index contributed by atoms with van der Waals surface area (Å²) in [6, 6.07) is 11.1. The van der Waals surface area contributed by atoms with Crippen LogP contribution in [0.15, 0.2) is 51.3 Å². The lowest BCUT2D eigenvalue weighted by atomic mass is 10.2. The predicted octanol–water partition coefficient (Wildman–Crippen LogP) is 2.88. The fourth-order valence-electron chi connectivity index (χ4n) is 2.24. The Bertz CT molecular complexity index is 919. The number of halogens is 1. The average Bonchev–Trinajstić information content (AvgIpc) is 2.95. The smallest absolute Gasteiger partial charge is 0.261 e. The first-order valence-corrected chi connectivity index (χ1v) is 8.58. The van der Waals surface area contributed by atoms with E-state index in [0.717, 1.165) is 8.66 Å². The molecule has 0 saturated carbocycles. The molecule has 5 nitrogen and oxygen atoms in total. The lowest BCUT2D eigenvalue weighted by molar-refractivity contribution is -0.131. The third-order valence-electron chi connectivity index (χ3n) is 3.48. The second kappa shape index (κ2) is 6.64. The zero-order valence-corrected chi connectivity index (χ0v) is 14.8. The lowest BCUT2D eigenvalue weighted by Crippen LogP contribution is -2.33. The molecule has 1 aromatic carbocycles. The number of fused-ring (bicyclic) bond motifs is 1. The first kappa shape index (κ1) is 15.9. The Hall–Kier alpha value is -1.99. The molecule has 0 radical (unpaired) electrons. The van der Waals surface area contributed by atoms with Gasteiger partial charge in [0.2, 0.25) is 5.91 Å². The number of aromatic nitrogens is 2. The zero-order chi connectivity index (χ0) is 16.4. The molecule has 23 heavy (non-hydrogen) atoms. The van der Waals surface area contributed by atoms with Crippen molar-refractivity contribution in [2.45, 2.75) is 13.1 Å². The molecule has 0 aliphatic rings. The van der Waals surface area contributed by atoms with E-state index in [1.165, 1.54) is 10.9 Å². The molecule has 0 N–H and O–H groups in total. The van der Waals surface area contributed by atoms with Crippen molar-refractivity contribution in [2.24, 2.45) is 0 Å². The first-order chi connectivity index (χ1) is 11.0. The van der Waals surface area contributed by atoms with Crippen molar-refractivity contribution < 1.29 is 4.79 Å². The Labute approximate surface area is 145 Å². The maximum atomic E-state index is 12.4. The van der Waals surface area contributed by atoms with Crippen molar-refractivity contribution in [3.05, 3.63) is 61.7 Å². The fraction of sp³-hybridized carbons (Fsp3) is 0.188. The average molecular weight is 392 g/mol. The van der Waals surface area contributed by atoms with Crippen molar-refractivity contribution >= 4 is 44.1 Å². The molecule has 0 saturated heterocycles. The van der Waals surface area contributed by atoms with Crippen LogP contribution in [-0.2, 0) is 17.9 Å². The van der Waals surface area contributed by atoms with Crippen LogP contribution in [0, 0.1) is 0 Å². The molecular weight excluding hydrogens is 378 g/mol. The number of hydrogen-bond donors (Lipinski definition) is 0. The normalized spacial score (nSPS) is 10.9. The van der Waals surface area contributed by atoms with Crippen molar-refractivity contribution in [3.63, 3.8) is 0 Å². The second-order valence-electron chi connectivity index (χ2n) is 5.15. The molecule has 2 heterocycles. The van der Waals surface area contributed by atoms with Gasteiger partial charge in [0.1, 0.15) is 6.54 Å². The van der Waals surface area contributed by atoms with Crippen LogP contribution in [-0.4, -0.2) is 27.4 Å². The van der Waals surface area contributed by atoms with Gasteiger partial charge in [0.25, 0.3) is 5.56 Å². The molecule has 0 atom stereocenters. The number of benzene rings is 1. The first-order valence-electron chi connectivity index (χ1n) is 6.97. The van der Waals surface area contributed by atoms with Crippen LogP contribution < -0.4 is 5.56 Å². The second-order valence-corrected chi connectivity index (χ2v) is 7.70. The lowest BCUT2D eigenvalue weighted by Gasteiger charge is -2.17. The summed E-state index contributed by atoms with van der Waals surface area (Å²) in [6.45, 7) is 0.505. The Morgan fingerprint density at radius 2 is 2.09 bits per heavy atom. The fourth-order valence-corrected chi connectivity index (χ4v) is 3.78. The zero-order valence-electron chi connectivity index (χ0n) is 12.4. The van der Waals surface area contributed by atoms with E-state index in [9.17, 15) is 9.59 Å². The van der Waals surface area contributed by atoms with E-state index in [0.29, 0.717) is 17.4 Å². The van der Waals surface area contributed by atoms with Crippen molar-refractivity contribution in [1.29, 1.82) is 0 Å². The Morgan fingerprint density at radius 3 is 2.83 bits per heavy atom. The molecule has 0 spiro atoms. The third kappa shape index (κ3) is 3.51. The van der Waals surface area contributed by atoms with Crippen molar-refractivity contribution in [3.8, 4) is 0 Å². The number of thiophene rings is 1. The number of hydrogen-bond acceptors (Lipinski definition) is 4. The summed E-state index contributed by atoms with van der Waals surface area (Å²) in [4.78, 5) is 31.7. The molecule has 0 unspecified atom stereocenters. The van der Waals surface area contributed by atoms with Crippen molar-refractivity contribution in [1.82, 2.24) is 14.5 Å². The van der Waals surface area contributed by atoms with Gasteiger partial charge in [0.05, 0.1) is 27.6 Å². The Kier molecular flexibility index (Phi) is 4.58. The minimum atomic E-state index is -0.198. The molecule has 7 heteroatoms. The molecule has 3 aromatic rings. The van der Waals surface area contributed by atoms with E-state index < -0.39 is 0 Å².